The molecule has 5 heteroatoms. The van der Waals surface area contributed by atoms with Gasteiger partial charge in [-0.15, -0.1) is 0 Å². The van der Waals surface area contributed by atoms with Crippen molar-refractivity contribution in [3.05, 3.63) is 23.9 Å². The standard InChI is InChI=1S/C19H31N3O2/c1-14(2)13-22-12-8-10-16(22)15-9-7-11-20-17(15)21(6)18(23)24-19(3,4)5/h7,9,11,14,16H,8,10,12-13H2,1-6H3. The van der Waals surface area contributed by atoms with Crippen LogP contribution in [-0.2, 0) is 4.74 Å². The van der Waals surface area contributed by atoms with E-state index in [0.717, 1.165) is 25.1 Å². The Morgan fingerprint density at radius 2 is 2.17 bits per heavy atom. The molecule has 0 saturated carbocycles. The SMILES string of the molecule is CC(C)CN1CCCC1c1cccnc1N(C)C(=O)OC(C)(C)C. The van der Waals surface area contributed by atoms with E-state index in [2.05, 4.69) is 29.8 Å². The second-order valence-electron chi connectivity index (χ2n) is 8.00. The molecular formula is C19H31N3O2. The number of hydrogen-bond acceptors (Lipinski definition) is 4. The van der Waals surface area contributed by atoms with Gasteiger partial charge in [0.2, 0.25) is 0 Å². The number of rotatable bonds is 4. The summed E-state index contributed by atoms with van der Waals surface area (Å²) in [5.41, 5.74) is 0.598. The van der Waals surface area contributed by atoms with Crippen molar-refractivity contribution < 1.29 is 9.53 Å². The summed E-state index contributed by atoms with van der Waals surface area (Å²) in [6.07, 6.45) is 3.66. The maximum atomic E-state index is 12.4. The first-order valence-corrected chi connectivity index (χ1v) is 8.84. The fourth-order valence-corrected chi connectivity index (χ4v) is 3.23. The van der Waals surface area contributed by atoms with Crippen LogP contribution in [0.25, 0.3) is 0 Å². The Hall–Kier alpha value is -1.62. The molecule has 1 unspecified atom stereocenters. The average Bonchev–Trinajstić information content (AvgIpc) is 2.91. The minimum absolute atomic E-state index is 0.320. The molecule has 1 fully saturated rings. The van der Waals surface area contributed by atoms with E-state index in [9.17, 15) is 4.79 Å². The van der Waals surface area contributed by atoms with Crippen LogP contribution in [0.3, 0.4) is 0 Å². The molecule has 1 aromatic heterocycles. The first-order chi connectivity index (χ1) is 11.2. The van der Waals surface area contributed by atoms with Crippen molar-refractivity contribution in [2.24, 2.45) is 5.92 Å². The van der Waals surface area contributed by atoms with Gasteiger partial charge < -0.3 is 4.74 Å². The van der Waals surface area contributed by atoms with Crippen LogP contribution in [0.15, 0.2) is 18.3 Å². The summed E-state index contributed by atoms with van der Waals surface area (Å²) in [6, 6.07) is 4.36. The number of hydrogen-bond donors (Lipinski definition) is 0. The summed E-state index contributed by atoms with van der Waals surface area (Å²) in [5.74, 6) is 1.32. The van der Waals surface area contributed by atoms with Gasteiger partial charge in [-0.3, -0.25) is 9.80 Å². The number of carbonyl (C=O) groups is 1. The van der Waals surface area contributed by atoms with Crippen molar-refractivity contribution in [3.63, 3.8) is 0 Å². The van der Waals surface area contributed by atoms with Crippen molar-refractivity contribution in [1.29, 1.82) is 0 Å². The topological polar surface area (TPSA) is 45.7 Å². The highest BCUT2D eigenvalue weighted by Crippen LogP contribution is 2.36. The number of aromatic nitrogens is 1. The summed E-state index contributed by atoms with van der Waals surface area (Å²) in [4.78, 5) is 21.0. The van der Waals surface area contributed by atoms with Crippen LogP contribution in [0.5, 0.6) is 0 Å². The smallest absolute Gasteiger partial charge is 0.415 e. The molecule has 134 valence electrons. The molecule has 0 bridgehead atoms. The molecule has 2 rings (SSSR count). The summed E-state index contributed by atoms with van der Waals surface area (Å²) in [6.45, 7) is 12.3. The number of pyridine rings is 1. The number of nitrogens with zero attached hydrogens (tertiary/aromatic N) is 3. The first kappa shape index (κ1) is 18.7. The van der Waals surface area contributed by atoms with Crippen molar-refractivity contribution in [3.8, 4) is 0 Å². The predicted molar refractivity (Wildman–Crippen MR) is 97.3 cm³/mol. The summed E-state index contributed by atoms with van der Waals surface area (Å²) < 4.78 is 5.50. The van der Waals surface area contributed by atoms with E-state index in [1.165, 1.54) is 11.3 Å². The highest BCUT2D eigenvalue weighted by atomic mass is 16.6. The molecular weight excluding hydrogens is 302 g/mol. The predicted octanol–water partition coefficient (Wildman–Crippen LogP) is 4.25. The number of anilines is 1. The van der Waals surface area contributed by atoms with E-state index in [0.29, 0.717) is 17.8 Å². The normalized spacial score (nSPS) is 18.9. The maximum absolute atomic E-state index is 12.4. The zero-order valence-corrected chi connectivity index (χ0v) is 15.9. The Balaban J connectivity index is 2.25. The largest absolute Gasteiger partial charge is 0.443 e. The second-order valence-corrected chi connectivity index (χ2v) is 8.00. The third-order valence-corrected chi connectivity index (χ3v) is 4.12. The Bertz CT molecular complexity index is 566. The van der Waals surface area contributed by atoms with Crippen LogP contribution < -0.4 is 4.90 Å². The number of likely N-dealkylation sites (tertiary alicyclic amines) is 1. The summed E-state index contributed by atoms with van der Waals surface area (Å²) in [5, 5.41) is 0. The van der Waals surface area contributed by atoms with E-state index >= 15 is 0 Å². The lowest BCUT2D eigenvalue weighted by atomic mass is 10.0. The van der Waals surface area contributed by atoms with Crippen molar-refractivity contribution in [2.75, 3.05) is 25.0 Å². The maximum Gasteiger partial charge on any atom is 0.415 e. The van der Waals surface area contributed by atoms with Crippen LogP contribution >= 0.6 is 0 Å². The summed E-state index contributed by atoms with van der Waals surface area (Å²) in [7, 11) is 1.74. The van der Waals surface area contributed by atoms with Gasteiger partial charge in [0.1, 0.15) is 11.4 Å². The number of carbonyl (C=O) groups excluding carboxylic acids is 1. The first-order valence-electron chi connectivity index (χ1n) is 8.84. The minimum atomic E-state index is -0.517. The van der Waals surface area contributed by atoms with Gasteiger partial charge in [0.15, 0.2) is 0 Å². The van der Waals surface area contributed by atoms with Gasteiger partial charge >= 0.3 is 6.09 Å². The van der Waals surface area contributed by atoms with Crippen LogP contribution in [-0.4, -0.2) is 41.7 Å². The van der Waals surface area contributed by atoms with Gasteiger partial charge in [0, 0.05) is 31.4 Å². The van der Waals surface area contributed by atoms with Crippen molar-refractivity contribution >= 4 is 11.9 Å². The highest BCUT2D eigenvalue weighted by molar-refractivity contribution is 5.87. The third-order valence-electron chi connectivity index (χ3n) is 4.12. The average molecular weight is 333 g/mol. The van der Waals surface area contributed by atoms with Gasteiger partial charge in [-0.2, -0.15) is 0 Å². The zero-order valence-electron chi connectivity index (χ0n) is 15.9. The van der Waals surface area contributed by atoms with E-state index < -0.39 is 5.60 Å². The molecule has 2 heterocycles. The highest BCUT2D eigenvalue weighted by Gasteiger charge is 2.31. The van der Waals surface area contributed by atoms with E-state index in [1.54, 1.807) is 13.2 Å². The lowest BCUT2D eigenvalue weighted by Crippen LogP contribution is -2.36. The Morgan fingerprint density at radius 3 is 2.79 bits per heavy atom. The Kier molecular flexibility index (Phi) is 5.86. The molecule has 0 aliphatic carbocycles. The molecule has 1 aliphatic heterocycles. The van der Waals surface area contributed by atoms with Gasteiger partial charge in [-0.05, 0) is 52.1 Å². The van der Waals surface area contributed by atoms with Crippen molar-refractivity contribution in [1.82, 2.24) is 9.88 Å². The van der Waals surface area contributed by atoms with Gasteiger partial charge in [0.05, 0.1) is 0 Å². The lowest BCUT2D eigenvalue weighted by Gasteiger charge is -2.30. The summed E-state index contributed by atoms with van der Waals surface area (Å²) >= 11 is 0. The van der Waals surface area contributed by atoms with E-state index in [4.69, 9.17) is 4.74 Å². The monoisotopic (exact) mass is 333 g/mol. The van der Waals surface area contributed by atoms with Gasteiger partial charge in [-0.1, -0.05) is 19.9 Å². The number of ether oxygens (including phenoxy) is 1. The van der Waals surface area contributed by atoms with Gasteiger partial charge in [0.25, 0.3) is 0 Å². The van der Waals surface area contributed by atoms with E-state index in [1.807, 2.05) is 26.8 Å². The van der Waals surface area contributed by atoms with Crippen LogP contribution in [0.2, 0.25) is 0 Å². The lowest BCUT2D eigenvalue weighted by molar-refractivity contribution is 0.0587. The molecule has 1 saturated heterocycles. The van der Waals surface area contributed by atoms with Crippen LogP contribution in [0, 0.1) is 5.92 Å². The quantitative estimate of drug-likeness (QED) is 0.826. The molecule has 5 nitrogen and oxygen atoms in total. The Morgan fingerprint density at radius 1 is 1.46 bits per heavy atom. The van der Waals surface area contributed by atoms with Crippen LogP contribution in [0.1, 0.15) is 59.1 Å². The van der Waals surface area contributed by atoms with Gasteiger partial charge in [-0.25, -0.2) is 9.78 Å². The zero-order chi connectivity index (χ0) is 17.9. The molecule has 0 aromatic carbocycles. The molecule has 1 aliphatic rings. The fourth-order valence-electron chi connectivity index (χ4n) is 3.23. The minimum Gasteiger partial charge on any atom is -0.443 e. The fraction of sp³-hybridized carbons (Fsp3) is 0.684. The number of amides is 1. The molecule has 1 amide bonds. The molecule has 0 N–H and O–H groups in total. The molecule has 0 spiro atoms. The van der Waals surface area contributed by atoms with Crippen LogP contribution in [0.4, 0.5) is 10.6 Å². The van der Waals surface area contributed by atoms with Crippen molar-refractivity contribution in [2.45, 2.75) is 59.1 Å². The third kappa shape index (κ3) is 4.69. The Labute approximate surface area is 146 Å². The molecule has 1 atom stereocenters. The molecule has 24 heavy (non-hydrogen) atoms. The second kappa shape index (κ2) is 7.51. The van der Waals surface area contributed by atoms with E-state index in [-0.39, 0.29) is 6.09 Å². The molecule has 0 radical (unpaired) electrons. The molecule has 1 aromatic rings.